The zero-order valence-electron chi connectivity index (χ0n) is 8.10. The van der Waals surface area contributed by atoms with Crippen LogP contribution in [0, 0.1) is 0 Å². The van der Waals surface area contributed by atoms with Crippen LogP contribution in [0.15, 0.2) is 0 Å². The summed E-state index contributed by atoms with van der Waals surface area (Å²) in [5, 5.41) is 13.1. The predicted octanol–water partition coefficient (Wildman–Crippen LogP) is 2.03. The molecule has 2 nitrogen and oxygen atoms in total. The van der Waals surface area contributed by atoms with Crippen molar-refractivity contribution < 1.29 is 5.11 Å². The lowest BCUT2D eigenvalue weighted by molar-refractivity contribution is 0.0123. The van der Waals surface area contributed by atoms with E-state index in [1.54, 1.807) is 0 Å². The lowest BCUT2D eigenvalue weighted by Gasteiger charge is -2.23. The summed E-state index contributed by atoms with van der Waals surface area (Å²) in [6.07, 6.45) is 7.95. The Hall–Kier alpha value is -0.0800. The summed E-state index contributed by atoms with van der Waals surface area (Å²) in [6, 6.07) is 0. The molecule has 0 saturated heterocycles. The molecule has 12 heavy (non-hydrogen) atoms. The average Bonchev–Trinajstić information content (AvgIpc) is 2.47. The monoisotopic (exact) mass is 171 g/mol. The molecule has 1 rings (SSSR count). The first-order chi connectivity index (χ1) is 5.77. The Kier molecular flexibility index (Phi) is 4.02. The Balaban J connectivity index is 2.05. The molecule has 0 atom stereocenters. The summed E-state index contributed by atoms with van der Waals surface area (Å²) in [7, 11) is 0. The van der Waals surface area contributed by atoms with Gasteiger partial charge in [-0.3, -0.25) is 5.32 Å². The molecule has 0 radical (unpaired) electrons. The van der Waals surface area contributed by atoms with Crippen LogP contribution in [0.25, 0.3) is 0 Å². The van der Waals surface area contributed by atoms with E-state index in [0.29, 0.717) is 0 Å². The first kappa shape index (κ1) is 10.0. The van der Waals surface area contributed by atoms with Crippen LogP contribution >= 0.6 is 0 Å². The van der Waals surface area contributed by atoms with Crippen molar-refractivity contribution in [1.29, 1.82) is 0 Å². The van der Waals surface area contributed by atoms with Crippen molar-refractivity contribution in [2.75, 3.05) is 6.54 Å². The van der Waals surface area contributed by atoms with Gasteiger partial charge in [0.1, 0.15) is 5.72 Å². The quantitative estimate of drug-likeness (QED) is 0.490. The lowest BCUT2D eigenvalue weighted by atomic mass is 10.1. The Morgan fingerprint density at radius 3 is 2.50 bits per heavy atom. The smallest absolute Gasteiger partial charge is 0.116 e. The minimum atomic E-state index is -0.506. The third-order valence-corrected chi connectivity index (χ3v) is 2.67. The molecule has 2 heteroatoms. The van der Waals surface area contributed by atoms with Crippen molar-refractivity contribution in [2.24, 2.45) is 0 Å². The van der Waals surface area contributed by atoms with E-state index in [1.807, 2.05) is 0 Å². The van der Waals surface area contributed by atoms with E-state index in [4.69, 9.17) is 0 Å². The molecule has 0 heterocycles. The van der Waals surface area contributed by atoms with E-state index in [1.165, 1.54) is 32.1 Å². The molecule has 1 saturated carbocycles. The highest BCUT2D eigenvalue weighted by Gasteiger charge is 2.29. The number of aliphatic hydroxyl groups is 1. The zero-order chi connectivity index (χ0) is 8.86. The van der Waals surface area contributed by atoms with Gasteiger partial charge >= 0.3 is 0 Å². The van der Waals surface area contributed by atoms with Gasteiger partial charge in [-0.1, -0.05) is 19.8 Å². The molecule has 72 valence electrons. The highest BCUT2D eigenvalue weighted by atomic mass is 16.3. The normalized spacial score (nSPS) is 21.5. The van der Waals surface area contributed by atoms with Crippen LogP contribution in [0.3, 0.4) is 0 Å². The van der Waals surface area contributed by atoms with Gasteiger partial charge in [0.25, 0.3) is 0 Å². The van der Waals surface area contributed by atoms with Gasteiger partial charge in [-0.15, -0.1) is 0 Å². The standard InChI is InChI=1S/C10H21NO/c1-2-3-6-9-11-10(12)7-4-5-8-10/h11-12H,2-9H2,1H3. The summed E-state index contributed by atoms with van der Waals surface area (Å²) in [4.78, 5) is 0. The molecule has 1 aliphatic rings. The molecule has 1 aliphatic carbocycles. The number of hydrogen-bond acceptors (Lipinski definition) is 2. The fourth-order valence-corrected chi connectivity index (χ4v) is 1.83. The fourth-order valence-electron chi connectivity index (χ4n) is 1.83. The van der Waals surface area contributed by atoms with Crippen molar-refractivity contribution in [2.45, 2.75) is 57.6 Å². The minimum absolute atomic E-state index is 0.506. The Bertz CT molecular complexity index is 119. The van der Waals surface area contributed by atoms with Crippen LogP contribution in [0.5, 0.6) is 0 Å². The highest BCUT2D eigenvalue weighted by Crippen LogP contribution is 2.26. The predicted molar refractivity (Wildman–Crippen MR) is 50.9 cm³/mol. The van der Waals surface area contributed by atoms with E-state index in [2.05, 4.69) is 12.2 Å². The summed E-state index contributed by atoms with van der Waals surface area (Å²) in [5.41, 5.74) is -0.506. The molecule has 0 amide bonds. The van der Waals surface area contributed by atoms with Crippen molar-refractivity contribution in [3.63, 3.8) is 0 Å². The number of hydrogen-bond donors (Lipinski definition) is 2. The average molecular weight is 171 g/mol. The van der Waals surface area contributed by atoms with Crippen molar-refractivity contribution in [3.8, 4) is 0 Å². The van der Waals surface area contributed by atoms with Crippen LogP contribution in [-0.2, 0) is 0 Å². The minimum Gasteiger partial charge on any atom is -0.376 e. The third kappa shape index (κ3) is 3.11. The van der Waals surface area contributed by atoms with Crippen molar-refractivity contribution in [1.82, 2.24) is 5.32 Å². The molecule has 0 aromatic heterocycles. The third-order valence-electron chi connectivity index (χ3n) is 2.67. The zero-order valence-corrected chi connectivity index (χ0v) is 8.10. The lowest BCUT2D eigenvalue weighted by Crippen LogP contribution is -2.42. The summed E-state index contributed by atoms with van der Waals surface area (Å²) in [6.45, 7) is 3.18. The molecule has 0 unspecified atom stereocenters. The fraction of sp³-hybridized carbons (Fsp3) is 1.00. The number of unbranched alkanes of at least 4 members (excludes halogenated alkanes) is 2. The maximum atomic E-state index is 9.88. The van der Waals surface area contributed by atoms with Gasteiger partial charge in [-0.2, -0.15) is 0 Å². The summed E-state index contributed by atoms with van der Waals surface area (Å²) < 4.78 is 0. The van der Waals surface area contributed by atoms with E-state index in [9.17, 15) is 5.11 Å². The van der Waals surface area contributed by atoms with Crippen molar-refractivity contribution >= 4 is 0 Å². The molecule has 0 spiro atoms. The van der Waals surface area contributed by atoms with E-state index < -0.39 is 5.72 Å². The van der Waals surface area contributed by atoms with Crippen LogP contribution in [0.2, 0.25) is 0 Å². The SMILES string of the molecule is CCCCCNC1(O)CCCC1. The molecule has 1 fully saturated rings. The maximum Gasteiger partial charge on any atom is 0.116 e. The molecular formula is C10H21NO. The number of rotatable bonds is 5. The van der Waals surface area contributed by atoms with Gasteiger partial charge in [0.05, 0.1) is 0 Å². The molecule has 2 N–H and O–H groups in total. The van der Waals surface area contributed by atoms with Crippen LogP contribution in [-0.4, -0.2) is 17.4 Å². The molecule has 0 aromatic carbocycles. The molecule has 0 aromatic rings. The summed E-state index contributed by atoms with van der Waals surface area (Å²) in [5.74, 6) is 0. The largest absolute Gasteiger partial charge is 0.376 e. The second-order valence-corrected chi connectivity index (χ2v) is 3.87. The van der Waals surface area contributed by atoms with Gasteiger partial charge in [0.15, 0.2) is 0 Å². The second-order valence-electron chi connectivity index (χ2n) is 3.87. The number of nitrogens with one attached hydrogen (secondary N) is 1. The Morgan fingerprint density at radius 2 is 1.92 bits per heavy atom. The molecular weight excluding hydrogens is 150 g/mol. The molecule has 0 aliphatic heterocycles. The Labute approximate surface area is 75.4 Å². The van der Waals surface area contributed by atoms with Gasteiger partial charge in [0, 0.05) is 0 Å². The van der Waals surface area contributed by atoms with Crippen molar-refractivity contribution in [3.05, 3.63) is 0 Å². The first-order valence-electron chi connectivity index (χ1n) is 5.24. The first-order valence-corrected chi connectivity index (χ1v) is 5.24. The van der Waals surface area contributed by atoms with Gasteiger partial charge in [-0.25, -0.2) is 0 Å². The summed E-state index contributed by atoms with van der Waals surface area (Å²) >= 11 is 0. The topological polar surface area (TPSA) is 32.3 Å². The van der Waals surface area contributed by atoms with Crippen LogP contribution in [0.1, 0.15) is 51.9 Å². The van der Waals surface area contributed by atoms with Gasteiger partial charge in [0.2, 0.25) is 0 Å². The van der Waals surface area contributed by atoms with E-state index in [-0.39, 0.29) is 0 Å². The maximum absolute atomic E-state index is 9.88. The van der Waals surface area contributed by atoms with Crippen LogP contribution in [0.4, 0.5) is 0 Å². The molecule has 0 bridgehead atoms. The highest BCUT2D eigenvalue weighted by molar-refractivity contribution is 4.81. The van der Waals surface area contributed by atoms with Gasteiger partial charge < -0.3 is 5.11 Å². The van der Waals surface area contributed by atoms with E-state index >= 15 is 0 Å². The van der Waals surface area contributed by atoms with Gasteiger partial charge in [-0.05, 0) is 38.6 Å². The van der Waals surface area contributed by atoms with E-state index in [0.717, 1.165) is 19.4 Å². The Morgan fingerprint density at radius 1 is 1.25 bits per heavy atom. The second kappa shape index (κ2) is 4.83. The van der Waals surface area contributed by atoms with Crippen LogP contribution < -0.4 is 5.32 Å².